The first-order chi connectivity index (χ1) is 11.0. The van der Waals surface area contributed by atoms with Gasteiger partial charge in [0.1, 0.15) is 5.75 Å². The fraction of sp³-hybridized carbons (Fsp3) is 0.312. The van der Waals surface area contributed by atoms with Gasteiger partial charge in [-0.3, -0.25) is 14.3 Å². The third-order valence-electron chi connectivity index (χ3n) is 3.85. The molecule has 2 N–H and O–H groups in total. The molecule has 0 saturated carbocycles. The summed E-state index contributed by atoms with van der Waals surface area (Å²) in [6.45, 7) is 4.42. The van der Waals surface area contributed by atoms with Crippen LogP contribution in [0.2, 0.25) is 0 Å². The molecule has 1 aromatic heterocycles. The molecule has 2 aromatic rings. The Kier molecular flexibility index (Phi) is 3.77. The van der Waals surface area contributed by atoms with Crippen LogP contribution >= 0.6 is 0 Å². The molecule has 1 aliphatic heterocycles. The fourth-order valence-electron chi connectivity index (χ4n) is 2.45. The van der Waals surface area contributed by atoms with Gasteiger partial charge in [0.25, 0.3) is 17.4 Å². The summed E-state index contributed by atoms with van der Waals surface area (Å²) < 4.78 is 7.45. The van der Waals surface area contributed by atoms with Crippen LogP contribution < -0.4 is 15.4 Å². The van der Waals surface area contributed by atoms with Gasteiger partial charge in [0.15, 0.2) is 0 Å². The highest BCUT2D eigenvalue weighted by Crippen LogP contribution is 2.33. The Labute approximate surface area is 133 Å². The van der Waals surface area contributed by atoms with Crippen LogP contribution in [0.1, 0.15) is 19.5 Å². The predicted molar refractivity (Wildman–Crippen MR) is 83.9 cm³/mol. The minimum Gasteiger partial charge on any atom is -0.466 e. The number of benzene rings is 1. The third-order valence-corrected chi connectivity index (χ3v) is 3.85. The highest BCUT2D eigenvalue weighted by Gasteiger charge is 2.47. The maximum atomic E-state index is 12.5. The molecular formula is C16H18N4O3. The zero-order valence-electron chi connectivity index (χ0n) is 13.0. The van der Waals surface area contributed by atoms with Gasteiger partial charge < -0.3 is 15.4 Å². The van der Waals surface area contributed by atoms with Gasteiger partial charge in [0.2, 0.25) is 0 Å². The van der Waals surface area contributed by atoms with Crippen molar-refractivity contribution in [2.24, 2.45) is 0 Å². The Morgan fingerprint density at radius 1 is 1.39 bits per heavy atom. The lowest BCUT2D eigenvalue weighted by atomic mass is 10.0. The van der Waals surface area contributed by atoms with E-state index in [2.05, 4.69) is 15.7 Å². The number of aryl methyl sites for hydroxylation is 1. The monoisotopic (exact) mass is 314 g/mol. The van der Waals surface area contributed by atoms with Crippen molar-refractivity contribution in [3.8, 4) is 5.75 Å². The molecule has 7 heteroatoms. The van der Waals surface area contributed by atoms with Gasteiger partial charge in [-0.15, -0.1) is 0 Å². The van der Waals surface area contributed by atoms with E-state index in [1.165, 1.54) is 6.92 Å². The molecule has 0 fully saturated rings. The maximum Gasteiger partial charge on any atom is 0.278 e. The number of anilines is 1. The predicted octanol–water partition coefficient (Wildman–Crippen LogP) is 1.31. The van der Waals surface area contributed by atoms with Gasteiger partial charge >= 0.3 is 0 Å². The zero-order valence-corrected chi connectivity index (χ0v) is 13.0. The first-order valence-corrected chi connectivity index (χ1v) is 7.43. The SMILES string of the molecule is CCn1nccc1CNC(=O)[C@@]1(C)Oc2ccccc2NC1=O. The zero-order chi connectivity index (χ0) is 16.4. The molecule has 1 aliphatic rings. The Balaban J connectivity index is 1.75. The highest BCUT2D eigenvalue weighted by atomic mass is 16.5. The number of para-hydroxylation sites is 2. The van der Waals surface area contributed by atoms with Crippen LogP contribution in [0, 0.1) is 0 Å². The summed E-state index contributed by atoms with van der Waals surface area (Å²) in [5.41, 5.74) is -0.182. The number of carbonyl (C=O) groups excluding carboxylic acids is 2. The molecule has 1 atom stereocenters. The topological polar surface area (TPSA) is 85.2 Å². The average Bonchev–Trinajstić information content (AvgIpc) is 3.01. The van der Waals surface area contributed by atoms with Crippen molar-refractivity contribution in [1.82, 2.24) is 15.1 Å². The lowest BCUT2D eigenvalue weighted by Crippen LogP contribution is -2.58. The van der Waals surface area contributed by atoms with Crippen LogP contribution in [-0.2, 0) is 22.7 Å². The van der Waals surface area contributed by atoms with E-state index in [-0.39, 0.29) is 6.54 Å². The van der Waals surface area contributed by atoms with E-state index < -0.39 is 17.4 Å². The quantitative estimate of drug-likeness (QED) is 0.833. The number of rotatable bonds is 4. The molecule has 0 radical (unpaired) electrons. The van der Waals surface area contributed by atoms with Gasteiger partial charge in [-0.2, -0.15) is 5.10 Å². The number of hydrogen-bond acceptors (Lipinski definition) is 4. The molecule has 0 aliphatic carbocycles. The summed E-state index contributed by atoms with van der Waals surface area (Å²) in [5, 5.41) is 9.59. The Morgan fingerprint density at radius 3 is 2.96 bits per heavy atom. The number of amides is 2. The normalized spacial score (nSPS) is 19.5. The van der Waals surface area contributed by atoms with Crippen molar-refractivity contribution >= 4 is 17.5 Å². The van der Waals surface area contributed by atoms with Gasteiger partial charge in [0.05, 0.1) is 17.9 Å². The summed E-state index contributed by atoms with van der Waals surface area (Å²) in [5.74, 6) is -0.505. The van der Waals surface area contributed by atoms with E-state index in [0.717, 1.165) is 5.69 Å². The van der Waals surface area contributed by atoms with Crippen molar-refractivity contribution < 1.29 is 14.3 Å². The van der Waals surface area contributed by atoms with Gasteiger partial charge in [0, 0.05) is 12.7 Å². The Morgan fingerprint density at radius 2 is 2.17 bits per heavy atom. The average molecular weight is 314 g/mol. The number of carbonyl (C=O) groups is 2. The van der Waals surface area contributed by atoms with E-state index in [9.17, 15) is 9.59 Å². The fourth-order valence-corrected chi connectivity index (χ4v) is 2.45. The second kappa shape index (κ2) is 5.75. The van der Waals surface area contributed by atoms with Gasteiger partial charge in [-0.05, 0) is 32.0 Å². The molecule has 120 valence electrons. The molecule has 0 unspecified atom stereocenters. The van der Waals surface area contributed by atoms with Crippen molar-refractivity contribution in [2.75, 3.05) is 5.32 Å². The minimum atomic E-state index is -1.61. The van der Waals surface area contributed by atoms with Crippen molar-refractivity contribution in [3.63, 3.8) is 0 Å². The molecule has 23 heavy (non-hydrogen) atoms. The van der Waals surface area contributed by atoms with E-state index in [1.54, 1.807) is 35.1 Å². The number of nitrogens with one attached hydrogen (secondary N) is 2. The van der Waals surface area contributed by atoms with Crippen LogP contribution in [0.5, 0.6) is 5.75 Å². The highest BCUT2D eigenvalue weighted by molar-refractivity contribution is 6.15. The van der Waals surface area contributed by atoms with Crippen molar-refractivity contribution in [1.29, 1.82) is 0 Å². The molecule has 7 nitrogen and oxygen atoms in total. The number of aromatic nitrogens is 2. The molecule has 3 rings (SSSR count). The van der Waals surface area contributed by atoms with Crippen LogP contribution in [-0.4, -0.2) is 27.2 Å². The number of ether oxygens (including phenoxy) is 1. The summed E-state index contributed by atoms with van der Waals surface area (Å²) >= 11 is 0. The lowest BCUT2D eigenvalue weighted by molar-refractivity contribution is -0.146. The summed E-state index contributed by atoms with van der Waals surface area (Å²) in [6.07, 6.45) is 1.67. The Hall–Kier alpha value is -2.83. The van der Waals surface area contributed by atoms with Crippen LogP contribution in [0.15, 0.2) is 36.5 Å². The summed E-state index contributed by atoms with van der Waals surface area (Å²) in [6, 6.07) is 8.84. The van der Waals surface area contributed by atoms with E-state index in [4.69, 9.17) is 4.74 Å². The summed E-state index contributed by atoms with van der Waals surface area (Å²) in [7, 11) is 0. The van der Waals surface area contributed by atoms with E-state index in [0.29, 0.717) is 18.0 Å². The van der Waals surface area contributed by atoms with Crippen LogP contribution in [0.25, 0.3) is 0 Å². The molecule has 2 amide bonds. The third kappa shape index (κ3) is 2.65. The number of nitrogens with zero attached hydrogens (tertiary/aromatic N) is 2. The molecular weight excluding hydrogens is 296 g/mol. The second-order valence-electron chi connectivity index (χ2n) is 5.41. The first-order valence-electron chi connectivity index (χ1n) is 7.43. The molecule has 1 aromatic carbocycles. The summed E-state index contributed by atoms with van der Waals surface area (Å²) in [4.78, 5) is 24.8. The molecule has 0 bridgehead atoms. The standard InChI is InChI=1S/C16H18N4O3/c1-3-20-11(8-9-18-20)10-17-14(21)16(2)15(22)19-12-6-4-5-7-13(12)23-16/h4-9H,3,10H2,1-2H3,(H,17,21)(H,19,22)/t16-/m1/s1. The van der Waals surface area contributed by atoms with Gasteiger partial charge in [-0.25, -0.2) is 0 Å². The number of fused-ring (bicyclic) bond motifs is 1. The largest absolute Gasteiger partial charge is 0.466 e. The maximum absolute atomic E-state index is 12.5. The van der Waals surface area contributed by atoms with Crippen molar-refractivity contribution in [3.05, 3.63) is 42.2 Å². The molecule has 0 saturated heterocycles. The molecule has 2 heterocycles. The van der Waals surface area contributed by atoms with Crippen molar-refractivity contribution in [2.45, 2.75) is 32.5 Å². The lowest BCUT2D eigenvalue weighted by Gasteiger charge is -2.33. The van der Waals surface area contributed by atoms with Gasteiger partial charge in [-0.1, -0.05) is 12.1 Å². The minimum absolute atomic E-state index is 0.278. The molecule has 0 spiro atoms. The first kappa shape index (κ1) is 15.1. The second-order valence-corrected chi connectivity index (χ2v) is 5.41. The number of hydrogen-bond donors (Lipinski definition) is 2. The smallest absolute Gasteiger partial charge is 0.278 e. The van der Waals surface area contributed by atoms with E-state index in [1.807, 2.05) is 13.0 Å². The van der Waals surface area contributed by atoms with Crippen LogP contribution in [0.4, 0.5) is 5.69 Å². The Bertz CT molecular complexity index is 755. The van der Waals surface area contributed by atoms with Crippen LogP contribution in [0.3, 0.4) is 0 Å². The van der Waals surface area contributed by atoms with E-state index >= 15 is 0 Å².